The summed E-state index contributed by atoms with van der Waals surface area (Å²) in [5.41, 5.74) is 3.05. The van der Waals surface area contributed by atoms with Crippen LogP contribution >= 0.6 is 0 Å². The van der Waals surface area contributed by atoms with Gasteiger partial charge in [-0.1, -0.05) is 78.9 Å². The summed E-state index contributed by atoms with van der Waals surface area (Å²) in [6, 6.07) is 35.5. The summed E-state index contributed by atoms with van der Waals surface area (Å²) in [5.74, 6) is 0.709. The Morgan fingerprint density at radius 3 is 2.03 bits per heavy atom. The zero-order valence-corrected chi connectivity index (χ0v) is 20.6. The van der Waals surface area contributed by atoms with Crippen LogP contribution in [0, 0.1) is 0 Å². The highest BCUT2D eigenvalue weighted by molar-refractivity contribution is 5.94. The second-order valence-electron chi connectivity index (χ2n) is 8.62. The Bertz CT molecular complexity index is 1550. The molecule has 38 heavy (non-hydrogen) atoms. The van der Waals surface area contributed by atoms with Gasteiger partial charge < -0.3 is 15.4 Å². The van der Waals surface area contributed by atoms with Gasteiger partial charge in [-0.25, -0.2) is 4.68 Å². The summed E-state index contributed by atoms with van der Waals surface area (Å²) in [7, 11) is 0. The van der Waals surface area contributed by atoms with Crippen molar-refractivity contribution in [2.75, 3.05) is 5.32 Å². The van der Waals surface area contributed by atoms with Crippen molar-refractivity contribution in [2.45, 2.75) is 13.1 Å². The number of ether oxygens (including phenoxy) is 1. The van der Waals surface area contributed by atoms with E-state index in [2.05, 4.69) is 15.7 Å². The van der Waals surface area contributed by atoms with E-state index in [0.717, 1.165) is 11.1 Å². The molecule has 0 aliphatic carbocycles. The van der Waals surface area contributed by atoms with E-state index in [1.807, 2.05) is 91.0 Å². The maximum atomic E-state index is 13.5. The predicted molar refractivity (Wildman–Crippen MR) is 148 cm³/mol. The number of amides is 1. The third-order valence-corrected chi connectivity index (χ3v) is 5.87. The van der Waals surface area contributed by atoms with E-state index < -0.39 is 0 Å². The Morgan fingerprint density at radius 1 is 0.763 bits per heavy atom. The van der Waals surface area contributed by atoms with Crippen LogP contribution in [-0.4, -0.2) is 15.7 Å². The number of benzene rings is 4. The number of nitrogens with zero attached hydrogens (tertiary/aromatic N) is 2. The molecule has 0 saturated heterocycles. The fourth-order valence-corrected chi connectivity index (χ4v) is 3.88. The highest BCUT2D eigenvalue weighted by Gasteiger charge is 2.15. The minimum Gasteiger partial charge on any atom is -0.453 e. The number of rotatable bonds is 9. The van der Waals surface area contributed by atoms with Crippen molar-refractivity contribution in [1.29, 1.82) is 0 Å². The fraction of sp³-hybridized carbons (Fsp3) is 0.0645. The van der Waals surface area contributed by atoms with Crippen LogP contribution in [0.25, 0.3) is 0 Å². The first kappa shape index (κ1) is 24.5. The summed E-state index contributed by atoms with van der Waals surface area (Å²) in [5, 5.41) is 10.4. The Balaban J connectivity index is 1.37. The summed E-state index contributed by atoms with van der Waals surface area (Å²) >= 11 is 0. The number of carbonyl (C=O) groups excluding carboxylic acids is 1. The lowest BCUT2D eigenvalue weighted by molar-refractivity contribution is 0.0951. The van der Waals surface area contributed by atoms with Crippen molar-refractivity contribution < 1.29 is 9.53 Å². The number of anilines is 2. The van der Waals surface area contributed by atoms with Crippen LogP contribution in [-0.2, 0) is 13.1 Å². The van der Waals surface area contributed by atoms with E-state index in [-0.39, 0.29) is 17.2 Å². The number of nitrogens with one attached hydrogen (secondary N) is 2. The molecule has 0 spiro atoms. The third kappa shape index (κ3) is 6.14. The molecular formula is C31H26N4O3. The van der Waals surface area contributed by atoms with E-state index in [0.29, 0.717) is 35.8 Å². The smallest absolute Gasteiger partial charge is 0.294 e. The molecule has 4 aromatic carbocycles. The molecule has 0 bridgehead atoms. The van der Waals surface area contributed by atoms with Crippen molar-refractivity contribution in [3.05, 3.63) is 149 Å². The molecule has 2 N–H and O–H groups in total. The van der Waals surface area contributed by atoms with Crippen LogP contribution < -0.4 is 20.9 Å². The Morgan fingerprint density at radius 2 is 1.37 bits per heavy atom. The molecule has 0 unspecified atom stereocenters. The van der Waals surface area contributed by atoms with Gasteiger partial charge in [-0.05, 0) is 47.5 Å². The van der Waals surface area contributed by atoms with E-state index >= 15 is 0 Å². The molecule has 7 heteroatoms. The molecule has 5 rings (SSSR count). The molecule has 0 saturated carbocycles. The van der Waals surface area contributed by atoms with E-state index in [1.165, 1.54) is 10.9 Å². The number of aromatic nitrogens is 2. The highest BCUT2D eigenvalue weighted by Crippen LogP contribution is 2.28. The summed E-state index contributed by atoms with van der Waals surface area (Å²) in [4.78, 5) is 26.1. The van der Waals surface area contributed by atoms with E-state index in [1.54, 1.807) is 24.3 Å². The van der Waals surface area contributed by atoms with Crippen LogP contribution in [0.3, 0.4) is 0 Å². The van der Waals surface area contributed by atoms with Gasteiger partial charge in [-0.2, -0.15) is 5.10 Å². The number of para-hydroxylation sites is 1. The first-order valence-electron chi connectivity index (χ1n) is 12.2. The molecule has 0 radical (unpaired) electrons. The van der Waals surface area contributed by atoms with Crippen LogP contribution in [0.15, 0.2) is 126 Å². The quantitative estimate of drug-likeness (QED) is 0.268. The van der Waals surface area contributed by atoms with E-state index in [9.17, 15) is 9.59 Å². The van der Waals surface area contributed by atoms with Gasteiger partial charge in [-0.15, -0.1) is 0 Å². The molecule has 1 heterocycles. The molecular weight excluding hydrogens is 476 g/mol. The first-order valence-corrected chi connectivity index (χ1v) is 12.2. The van der Waals surface area contributed by atoms with Crippen LogP contribution in [0.2, 0.25) is 0 Å². The van der Waals surface area contributed by atoms with Crippen LogP contribution in [0.1, 0.15) is 21.5 Å². The molecule has 1 amide bonds. The summed E-state index contributed by atoms with van der Waals surface area (Å²) < 4.78 is 7.39. The normalized spacial score (nSPS) is 10.5. The van der Waals surface area contributed by atoms with Gasteiger partial charge in [0.05, 0.1) is 12.7 Å². The van der Waals surface area contributed by atoms with Crippen LogP contribution in [0.4, 0.5) is 11.4 Å². The number of carbonyl (C=O) groups is 1. The fourth-order valence-electron chi connectivity index (χ4n) is 3.88. The maximum absolute atomic E-state index is 13.5. The number of hydrogen-bond donors (Lipinski definition) is 2. The average Bonchev–Trinajstić information content (AvgIpc) is 2.97. The number of hydrogen-bond acceptors (Lipinski definition) is 5. The van der Waals surface area contributed by atoms with Crippen molar-refractivity contribution >= 4 is 17.3 Å². The SMILES string of the molecule is O=C(NCc1ccccc1)c1ccc(Nc2c(Oc3ccccc3)cnn(Cc3ccccc3)c2=O)cc1. The highest BCUT2D eigenvalue weighted by atomic mass is 16.5. The van der Waals surface area contributed by atoms with Gasteiger partial charge in [0.25, 0.3) is 11.5 Å². The van der Waals surface area contributed by atoms with Crippen molar-refractivity contribution in [3.8, 4) is 11.5 Å². The largest absolute Gasteiger partial charge is 0.453 e. The molecule has 0 fully saturated rings. The van der Waals surface area contributed by atoms with Crippen molar-refractivity contribution in [2.24, 2.45) is 0 Å². The molecule has 0 aliphatic heterocycles. The van der Waals surface area contributed by atoms with Gasteiger partial charge in [0.15, 0.2) is 11.4 Å². The van der Waals surface area contributed by atoms with Gasteiger partial charge in [0, 0.05) is 17.8 Å². The van der Waals surface area contributed by atoms with Gasteiger partial charge in [-0.3, -0.25) is 9.59 Å². The predicted octanol–water partition coefficient (Wildman–Crippen LogP) is 5.76. The maximum Gasteiger partial charge on any atom is 0.294 e. The second kappa shape index (κ2) is 11.7. The standard InChI is InChI=1S/C31H26N4O3/c36-30(32-20-23-10-4-1-5-11-23)25-16-18-26(19-17-25)34-29-28(38-27-14-8-3-9-15-27)21-33-35(31(29)37)22-24-12-6-2-7-13-24/h1-19,21,34H,20,22H2,(H,32,36). The van der Waals surface area contributed by atoms with Crippen molar-refractivity contribution in [3.63, 3.8) is 0 Å². The van der Waals surface area contributed by atoms with Gasteiger partial charge in [0.1, 0.15) is 5.75 Å². The summed E-state index contributed by atoms with van der Waals surface area (Å²) in [6.07, 6.45) is 1.53. The molecule has 7 nitrogen and oxygen atoms in total. The molecule has 1 aromatic heterocycles. The molecule has 0 aliphatic rings. The Hall–Kier alpha value is -5.17. The van der Waals surface area contributed by atoms with Gasteiger partial charge >= 0.3 is 0 Å². The van der Waals surface area contributed by atoms with Gasteiger partial charge in [0.2, 0.25) is 0 Å². The van der Waals surface area contributed by atoms with E-state index in [4.69, 9.17) is 4.74 Å². The van der Waals surface area contributed by atoms with Crippen LogP contribution in [0.5, 0.6) is 11.5 Å². The summed E-state index contributed by atoms with van der Waals surface area (Å²) in [6.45, 7) is 0.762. The Kier molecular flexibility index (Phi) is 7.56. The lowest BCUT2D eigenvalue weighted by atomic mass is 10.1. The second-order valence-corrected chi connectivity index (χ2v) is 8.62. The monoisotopic (exact) mass is 502 g/mol. The molecule has 188 valence electrons. The lowest BCUT2D eigenvalue weighted by Crippen LogP contribution is -2.26. The minimum absolute atomic E-state index is 0.178. The third-order valence-electron chi connectivity index (χ3n) is 5.87. The zero-order valence-electron chi connectivity index (χ0n) is 20.6. The zero-order chi connectivity index (χ0) is 26.2. The topological polar surface area (TPSA) is 85.2 Å². The van der Waals surface area contributed by atoms with Crippen molar-refractivity contribution in [1.82, 2.24) is 15.1 Å². The first-order chi connectivity index (χ1) is 18.7. The lowest BCUT2D eigenvalue weighted by Gasteiger charge is -2.15. The average molecular weight is 503 g/mol. The minimum atomic E-state index is -0.327. The Labute approximate surface area is 220 Å². The molecule has 0 atom stereocenters. The molecule has 5 aromatic rings.